The molecule has 0 heterocycles. The summed E-state index contributed by atoms with van der Waals surface area (Å²) in [5.74, 6) is -0.483. The maximum Gasteiger partial charge on any atom is 0.201 e. The van der Waals surface area contributed by atoms with Gasteiger partial charge in [-0.05, 0) is 85.8 Å². The number of rotatable bonds is 9. The van der Waals surface area contributed by atoms with Crippen molar-refractivity contribution < 1.29 is 17.9 Å². The summed E-state index contributed by atoms with van der Waals surface area (Å²) in [6, 6.07) is 4.74. The zero-order chi connectivity index (χ0) is 24.1. The lowest BCUT2D eigenvalue weighted by Gasteiger charge is -2.42. The van der Waals surface area contributed by atoms with E-state index in [4.69, 9.17) is 4.74 Å². The molecule has 1 nitrogen and oxygen atoms in total. The Morgan fingerprint density at radius 2 is 1.71 bits per heavy atom. The minimum atomic E-state index is -1.17. The van der Waals surface area contributed by atoms with Gasteiger partial charge in [-0.3, -0.25) is 0 Å². The van der Waals surface area contributed by atoms with Gasteiger partial charge in [0.1, 0.15) is 12.4 Å². The second-order valence-electron chi connectivity index (χ2n) is 10.5. The van der Waals surface area contributed by atoms with Crippen molar-refractivity contribution >= 4 is 10.8 Å². The zero-order valence-electron chi connectivity index (χ0n) is 20.7. The number of halogens is 3. The van der Waals surface area contributed by atoms with E-state index >= 15 is 0 Å². The molecule has 0 saturated heterocycles. The molecule has 4 rings (SSSR count). The van der Waals surface area contributed by atoms with Crippen LogP contribution in [-0.4, -0.2) is 6.61 Å². The maximum atomic E-state index is 15.0. The molecule has 2 aromatic carbocycles. The smallest absolute Gasteiger partial charge is 0.201 e. The van der Waals surface area contributed by atoms with E-state index in [0.717, 1.165) is 30.2 Å². The van der Waals surface area contributed by atoms with Gasteiger partial charge in [0, 0.05) is 0 Å². The first-order chi connectivity index (χ1) is 16.5. The lowest BCUT2D eigenvalue weighted by Crippen LogP contribution is -2.30. The van der Waals surface area contributed by atoms with Crippen LogP contribution in [0.5, 0.6) is 5.75 Å². The fraction of sp³-hybridized carbons (Fsp3) is 0.600. The van der Waals surface area contributed by atoms with Gasteiger partial charge in [0.2, 0.25) is 5.82 Å². The van der Waals surface area contributed by atoms with Gasteiger partial charge in [-0.15, -0.1) is 0 Å². The molecular weight excluding hydrogens is 433 g/mol. The highest BCUT2D eigenvalue weighted by atomic mass is 19.2. The zero-order valence-corrected chi connectivity index (χ0v) is 20.7. The molecule has 2 unspecified atom stereocenters. The van der Waals surface area contributed by atoms with Crippen molar-refractivity contribution in [2.24, 2.45) is 17.8 Å². The van der Waals surface area contributed by atoms with Crippen LogP contribution in [0.15, 0.2) is 30.4 Å². The van der Waals surface area contributed by atoms with E-state index < -0.39 is 17.5 Å². The van der Waals surface area contributed by atoms with Crippen molar-refractivity contribution in [2.75, 3.05) is 6.61 Å². The quantitative estimate of drug-likeness (QED) is 0.261. The Morgan fingerprint density at radius 3 is 2.50 bits per heavy atom. The normalized spacial score (nSPS) is 25.1. The Morgan fingerprint density at radius 1 is 0.912 bits per heavy atom. The Kier molecular flexibility index (Phi) is 8.60. The molecule has 0 aromatic heterocycles. The highest BCUT2D eigenvalue weighted by Crippen LogP contribution is 2.49. The molecule has 34 heavy (non-hydrogen) atoms. The van der Waals surface area contributed by atoms with Gasteiger partial charge in [-0.25, -0.2) is 8.78 Å². The van der Waals surface area contributed by atoms with Crippen LogP contribution >= 0.6 is 0 Å². The van der Waals surface area contributed by atoms with Crippen LogP contribution in [0.1, 0.15) is 96.0 Å². The molecule has 0 aliphatic heterocycles. The standard InChI is InChI=1S/C30H39F3O/c1-3-5-7-8-9-20-10-11-22-16-23(13-12-21(22)15-20)24-17-25-19-27(34-14-6-4-2)29(32)30(33)28(25)26(31)18-24/h4,6,17-23H,3,5,7-16H2,1-2H3/b6-4+/t20?,21-,22?,23-/m1/s1. The van der Waals surface area contributed by atoms with E-state index in [0.29, 0.717) is 11.3 Å². The Balaban J connectivity index is 1.46. The fourth-order valence-electron chi connectivity index (χ4n) is 6.40. The minimum Gasteiger partial charge on any atom is -0.486 e. The van der Waals surface area contributed by atoms with Crippen LogP contribution in [0.2, 0.25) is 0 Å². The number of fused-ring (bicyclic) bond motifs is 2. The second kappa shape index (κ2) is 11.6. The first-order valence-corrected chi connectivity index (χ1v) is 13.4. The topological polar surface area (TPSA) is 9.23 Å². The third kappa shape index (κ3) is 5.63. The molecule has 4 heteroatoms. The number of benzene rings is 2. The monoisotopic (exact) mass is 472 g/mol. The lowest BCUT2D eigenvalue weighted by molar-refractivity contribution is 0.113. The second-order valence-corrected chi connectivity index (χ2v) is 10.5. The van der Waals surface area contributed by atoms with Gasteiger partial charge >= 0.3 is 0 Å². The van der Waals surface area contributed by atoms with Gasteiger partial charge in [0.15, 0.2) is 11.6 Å². The SMILES string of the molecule is C/C=C/COc1cc2cc([C@@H]3CC[C@@H]4CC(CCCCCC)CCC4C3)cc(F)c2c(F)c1F. The molecule has 4 atom stereocenters. The van der Waals surface area contributed by atoms with Crippen molar-refractivity contribution in [1.82, 2.24) is 0 Å². The Hall–Kier alpha value is -1.97. The van der Waals surface area contributed by atoms with Crippen molar-refractivity contribution in [1.29, 1.82) is 0 Å². The van der Waals surface area contributed by atoms with Gasteiger partial charge in [0.05, 0.1) is 5.39 Å². The summed E-state index contributed by atoms with van der Waals surface area (Å²) in [5, 5.41) is 0.0965. The summed E-state index contributed by atoms with van der Waals surface area (Å²) in [7, 11) is 0. The Labute approximate surface area is 202 Å². The molecule has 2 aliphatic rings. The maximum absolute atomic E-state index is 15.0. The summed E-state index contributed by atoms with van der Waals surface area (Å²) in [6.07, 6.45) is 17.5. The van der Waals surface area contributed by atoms with Crippen molar-refractivity contribution in [2.45, 2.75) is 90.4 Å². The molecule has 0 N–H and O–H groups in total. The molecule has 0 spiro atoms. The molecule has 0 radical (unpaired) electrons. The number of allylic oxidation sites excluding steroid dienone is 1. The van der Waals surface area contributed by atoms with E-state index in [1.165, 1.54) is 69.9 Å². The average molecular weight is 473 g/mol. The van der Waals surface area contributed by atoms with Crippen LogP contribution in [-0.2, 0) is 0 Å². The molecule has 0 bridgehead atoms. The van der Waals surface area contributed by atoms with E-state index in [-0.39, 0.29) is 23.7 Å². The summed E-state index contributed by atoms with van der Waals surface area (Å²) >= 11 is 0. The third-order valence-corrected chi connectivity index (χ3v) is 8.29. The molecule has 2 aromatic rings. The first-order valence-electron chi connectivity index (χ1n) is 13.4. The van der Waals surface area contributed by atoms with Crippen molar-refractivity contribution in [3.8, 4) is 5.75 Å². The van der Waals surface area contributed by atoms with Gasteiger partial charge in [0.25, 0.3) is 0 Å². The van der Waals surface area contributed by atoms with Crippen LogP contribution in [0.4, 0.5) is 13.2 Å². The van der Waals surface area contributed by atoms with Crippen LogP contribution in [0.3, 0.4) is 0 Å². The third-order valence-electron chi connectivity index (χ3n) is 8.29. The first kappa shape index (κ1) is 25.1. The molecule has 186 valence electrons. The van der Waals surface area contributed by atoms with E-state index in [9.17, 15) is 13.2 Å². The van der Waals surface area contributed by atoms with Crippen LogP contribution in [0, 0.1) is 35.2 Å². The highest BCUT2D eigenvalue weighted by Gasteiger charge is 2.36. The lowest BCUT2D eigenvalue weighted by atomic mass is 9.63. The summed E-state index contributed by atoms with van der Waals surface area (Å²) in [4.78, 5) is 0. The highest BCUT2D eigenvalue weighted by molar-refractivity contribution is 5.86. The average Bonchev–Trinajstić information content (AvgIpc) is 2.84. The summed E-state index contributed by atoms with van der Waals surface area (Å²) < 4.78 is 49.5. The minimum absolute atomic E-state index is 0.145. The van der Waals surface area contributed by atoms with Crippen molar-refractivity contribution in [3.05, 3.63) is 53.4 Å². The number of hydrogen-bond donors (Lipinski definition) is 0. The summed E-state index contributed by atoms with van der Waals surface area (Å²) in [6.45, 7) is 4.24. The molecule has 2 aliphatic carbocycles. The van der Waals surface area contributed by atoms with Gasteiger partial charge < -0.3 is 4.74 Å². The predicted molar refractivity (Wildman–Crippen MR) is 134 cm³/mol. The molecule has 2 fully saturated rings. The van der Waals surface area contributed by atoms with E-state index in [1.54, 1.807) is 12.2 Å². The number of unbranched alkanes of at least 4 members (excludes halogenated alkanes) is 3. The van der Waals surface area contributed by atoms with Crippen LogP contribution < -0.4 is 4.74 Å². The Bertz CT molecular complexity index is 998. The fourth-order valence-corrected chi connectivity index (χ4v) is 6.40. The largest absolute Gasteiger partial charge is 0.486 e. The van der Waals surface area contributed by atoms with Crippen molar-refractivity contribution in [3.63, 3.8) is 0 Å². The van der Waals surface area contributed by atoms with E-state index in [1.807, 2.05) is 13.0 Å². The molecular formula is C30H39F3O. The van der Waals surface area contributed by atoms with Gasteiger partial charge in [-0.1, -0.05) is 63.7 Å². The molecule has 2 saturated carbocycles. The van der Waals surface area contributed by atoms with E-state index in [2.05, 4.69) is 6.92 Å². The van der Waals surface area contributed by atoms with Crippen LogP contribution in [0.25, 0.3) is 10.8 Å². The summed E-state index contributed by atoms with van der Waals surface area (Å²) in [5.41, 5.74) is 0.913. The number of ether oxygens (including phenoxy) is 1. The predicted octanol–water partition coefficient (Wildman–Crippen LogP) is 9.48. The number of hydrogen-bond acceptors (Lipinski definition) is 1. The molecule has 0 amide bonds. The van der Waals surface area contributed by atoms with Gasteiger partial charge in [-0.2, -0.15) is 4.39 Å².